The first-order chi connectivity index (χ1) is 6.65. The molecule has 0 rings (SSSR count). The molecule has 0 amide bonds. The molecule has 2 nitrogen and oxygen atoms in total. The Morgan fingerprint density at radius 2 is 2.00 bits per heavy atom. The van der Waals surface area contributed by atoms with Crippen molar-refractivity contribution in [3.63, 3.8) is 0 Å². The SMILES string of the molecule is CCCCN(CC)C(CC)CC(N)=S. The minimum atomic E-state index is 0.545. The van der Waals surface area contributed by atoms with Crippen molar-refractivity contribution in [2.24, 2.45) is 5.73 Å². The van der Waals surface area contributed by atoms with Gasteiger partial charge in [-0.25, -0.2) is 0 Å². The molecule has 0 aromatic carbocycles. The highest BCUT2D eigenvalue weighted by atomic mass is 32.1. The zero-order chi connectivity index (χ0) is 11.0. The van der Waals surface area contributed by atoms with Crippen molar-refractivity contribution in [1.29, 1.82) is 0 Å². The second-order valence-corrected chi connectivity index (χ2v) is 4.24. The highest BCUT2D eigenvalue weighted by Gasteiger charge is 2.15. The molecule has 0 aliphatic heterocycles. The summed E-state index contributed by atoms with van der Waals surface area (Å²) >= 11 is 4.97. The molecule has 0 radical (unpaired) electrons. The average molecular weight is 216 g/mol. The van der Waals surface area contributed by atoms with Crippen LogP contribution in [-0.4, -0.2) is 29.0 Å². The van der Waals surface area contributed by atoms with Crippen molar-refractivity contribution in [2.45, 2.75) is 52.5 Å². The maximum atomic E-state index is 5.59. The summed E-state index contributed by atoms with van der Waals surface area (Å²) in [5, 5.41) is 0. The molecule has 0 spiro atoms. The summed E-state index contributed by atoms with van der Waals surface area (Å²) in [6.45, 7) is 8.91. The highest BCUT2D eigenvalue weighted by molar-refractivity contribution is 7.80. The van der Waals surface area contributed by atoms with E-state index in [0.29, 0.717) is 11.0 Å². The van der Waals surface area contributed by atoms with Crippen LogP contribution in [-0.2, 0) is 0 Å². The summed E-state index contributed by atoms with van der Waals surface area (Å²) in [5.74, 6) is 0. The van der Waals surface area contributed by atoms with Crippen LogP contribution in [0.25, 0.3) is 0 Å². The predicted molar refractivity (Wildman–Crippen MR) is 67.6 cm³/mol. The summed E-state index contributed by atoms with van der Waals surface area (Å²) in [6, 6.07) is 0.545. The third-order valence-corrected chi connectivity index (χ3v) is 2.80. The fourth-order valence-corrected chi connectivity index (χ4v) is 1.92. The first-order valence-corrected chi connectivity index (χ1v) is 6.08. The van der Waals surface area contributed by atoms with Crippen molar-refractivity contribution in [2.75, 3.05) is 13.1 Å². The number of thiocarbonyl (C=S) groups is 1. The van der Waals surface area contributed by atoms with E-state index < -0.39 is 0 Å². The van der Waals surface area contributed by atoms with Crippen LogP contribution in [0.3, 0.4) is 0 Å². The highest BCUT2D eigenvalue weighted by Crippen LogP contribution is 2.10. The molecular formula is C11H24N2S. The van der Waals surface area contributed by atoms with Crippen LogP contribution in [0.2, 0.25) is 0 Å². The molecule has 84 valence electrons. The van der Waals surface area contributed by atoms with Gasteiger partial charge in [0.1, 0.15) is 0 Å². The molecule has 0 fully saturated rings. The summed E-state index contributed by atoms with van der Waals surface area (Å²) < 4.78 is 0. The first-order valence-electron chi connectivity index (χ1n) is 5.67. The monoisotopic (exact) mass is 216 g/mol. The third-order valence-electron chi connectivity index (χ3n) is 2.63. The van der Waals surface area contributed by atoms with Crippen LogP contribution in [0, 0.1) is 0 Å². The van der Waals surface area contributed by atoms with E-state index in [4.69, 9.17) is 18.0 Å². The summed E-state index contributed by atoms with van der Waals surface area (Å²) in [6.07, 6.45) is 4.51. The molecule has 0 aliphatic rings. The van der Waals surface area contributed by atoms with Gasteiger partial charge in [0.05, 0.1) is 4.99 Å². The second kappa shape index (κ2) is 8.18. The molecule has 0 aromatic rings. The van der Waals surface area contributed by atoms with Crippen molar-refractivity contribution in [3.05, 3.63) is 0 Å². The zero-order valence-corrected chi connectivity index (χ0v) is 10.6. The standard InChI is InChI=1S/C11H24N2S/c1-4-7-8-13(6-3)10(5-2)9-11(12)14/h10H,4-9H2,1-3H3,(H2,12,14). The van der Waals surface area contributed by atoms with Crippen LogP contribution in [0.15, 0.2) is 0 Å². The van der Waals surface area contributed by atoms with Gasteiger partial charge in [0, 0.05) is 12.5 Å². The minimum absolute atomic E-state index is 0.545. The summed E-state index contributed by atoms with van der Waals surface area (Å²) in [7, 11) is 0. The van der Waals surface area contributed by atoms with Gasteiger partial charge in [-0.1, -0.05) is 39.4 Å². The van der Waals surface area contributed by atoms with E-state index in [1.54, 1.807) is 0 Å². The normalized spacial score (nSPS) is 13.1. The Hall–Kier alpha value is -0.150. The molecule has 2 N–H and O–H groups in total. The average Bonchev–Trinajstić information content (AvgIpc) is 2.16. The van der Waals surface area contributed by atoms with Crippen LogP contribution in [0.5, 0.6) is 0 Å². The van der Waals surface area contributed by atoms with Crippen molar-refractivity contribution < 1.29 is 0 Å². The second-order valence-electron chi connectivity index (χ2n) is 3.71. The van der Waals surface area contributed by atoms with Gasteiger partial charge in [-0.3, -0.25) is 0 Å². The Morgan fingerprint density at radius 1 is 1.36 bits per heavy atom. The quantitative estimate of drug-likeness (QED) is 0.632. The molecule has 0 heterocycles. The number of hydrogen-bond donors (Lipinski definition) is 1. The molecular weight excluding hydrogens is 192 g/mol. The fraction of sp³-hybridized carbons (Fsp3) is 0.909. The lowest BCUT2D eigenvalue weighted by Crippen LogP contribution is -2.38. The van der Waals surface area contributed by atoms with Crippen LogP contribution >= 0.6 is 12.2 Å². The van der Waals surface area contributed by atoms with Crippen LogP contribution in [0.4, 0.5) is 0 Å². The molecule has 0 bridgehead atoms. The molecule has 0 saturated carbocycles. The van der Waals surface area contributed by atoms with Crippen molar-refractivity contribution >= 4 is 17.2 Å². The lowest BCUT2D eigenvalue weighted by molar-refractivity contribution is 0.202. The van der Waals surface area contributed by atoms with Gasteiger partial charge in [-0.15, -0.1) is 0 Å². The zero-order valence-electron chi connectivity index (χ0n) is 9.75. The van der Waals surface area contributed by atoms with Crippen LogP contribution < -0.4 is 5.73 Å². The molecule has 0 saturated heterocycles. The van der Waals surface area contributed by atoms with Gasteiger partial charge in [0.25, 0.3) is 0 Å². The van der Waals surface area contributed by atoms with E-state index in [0.717, 1.165) is 19.4 Å². The number of nitrogens with zero attached hydrogens (tertiary/aromatic N) is 1. The number of rotatable bonds is 8. The van der Waals surface area contributed by atoms with Gasteiger partial charge >= 0.3 is 0 Å². The van der Waals surface area contributed by atoms with E-state index in [1.807, 2.05) is 0 Å². The number of unbranched alkanes of at least 4 members (excludes halogenated alkanes) is 1. The minimum Gasteiger partial charge on any atom is -0.393 e. The molecule has 0 aliphatic carbocycles. The maximum absolute atomic E-state index is 5.59. The third kappa shape index (κ3) is 5.55. The van der Waals surface area contributed by atoms with Gasteiger partial charge in [-0.2, -0.15) is 0 Å². The van der Waals surface area contributed by atoms with Gasteiger partial charge in [0.15, 0.2) is 0 Å². The molecule has 1 unspecified atom stereocenters. The lowest BCUT2D eigenvalue weighted by atomic mass is 10.1. The van der Waals surface area contributed by atoms with E-state index in [9.17, 15) is 0 Å². The molecule has 1 atom stereocenters. The van der Waals surface area contributed by atoms with Gasteiger partial charge in [0.2, 0.25) is 0 Å². The van der Waals surface area contributed by atoms with Crippen LogP contribution in [0.1, 0.15) is 46.5 Å². The van der Waals surface area contributed by atoms with E-state index in [-0.39, 0.29) is 0 Å². The van der Waals surface area contributed by atoms with E-state index in [1.165, 1.54) is 19.4 Å². The maximum Gasteiger partial charge on any atom is 0.0743 e. The Bertz CT molecular complexity index is 159. The lowest BCUT2D eigenvalue weighted by Gasteiger charge is -2.29. The van der Waals surface area contributed by atoms with Gasteiger partial charge < -0.3 is 10.6 Å². The first kappa shape index (κ1) is 13.8. The molecule has 3 heteroatoms. The Balaban J connectivity index is 4.06. The number of hydrogen-bond acceptors (Lipinski definition) is 2. The Kier molecular flexibility index (Phi) is 8.09. The Labute approximate surface area is 93.8 Å². The predicted octanol–water partition coefficient (Wildman–Crippen LogP) is 2.56. The largest absolute Gasteiger partial charge is 0.393 e. The van der Waals surface area contributed by atoms with Crippen molar-refractivity contribution in [3.8, 4) is 0 Å². The van der Waals surface area contributed by atoms with Gasteiger partial charge in [-0.05, 0) is 25.9 Å². The summed E-state index contributed by atoms with van der Waals surface area (Å²) in [4.78, 5) is 3.13. The topological polar surface area (TPSA) is 29.3 Å². The fourth-order valence-electron chi connectivity index (χ4n) is 1.72. The van der Waals surface area contributed by atoms with E-state index >= 15 is 0 Å². The summed E-state index contributed by atoms with van der Waals surface area (Å²) in [5.41, 5.74) is 5.59. The molecule has 0 aromatic heterocycles. The molecule has 14 heavy (non-hydrogen) atoms. The Morgan fingerprint density at radius 3 is 2.36 bits per heavy atom. The number of nitrogens with two attached hydrogens (primary N) is 1. The van der Waals surface area contributed by atoms with E-state index in [2.05, 4.69) is 25.7 Å². The van der Waals surface area contributed by atoms with Crippen molar-refractivity contribution in [1.82, 2.24) is 4.90 Å². The smallest absolute Gasteiger partial charge is 0.0743 e.